The van der Waals surface area contributed by atoms with Crippen molar-refractivity contribution in [1.29, 1.82) is 0 Å². The van der Waals surface area contributed by atoms with Crippen LogP contribution in [0, 0.1) is 0 Å². The third-order valence-electron chi connectivity index (χ3n) is 1.77. The van der Waals surface area contributed by atoms with Crippen LogP contribution in [0.2, 0.25) is 0 Å². The van der Waals surface area contributed by atoms with Gasteiger partial charge in [-0.1, -0.05) is 13.8 Å². The van der Waals surface area contributed by atoms with Gasteiger partial charge in [-0.15, -0.1) is 22.7 Å². The molecule has 0 aromatic carbocycles. The number of rotatable bonds is 1. The van der Waals surface area contributed by atoms with Gasteiger partial charge in [0.15, 0.2) is 0 Å². The average molecular weight is 261 g/mol. The van der Waals surface area contributed by atoms with E-state index < -0.39 is 0 Å². The van der Waals surface area contributed by atoms with E-state index in [1.54, 1.807) is 0 Å². The summed E-state index contributed by atoms with van der Waals surface area (Å²) in [5.41, 5.74) is 0. The lowest BCUT2D eigenvalue weighted by atomic mass is 10.2. The molecule has 0 fully saturated rings. The number of thiophene rings is 2. The minimum absolute atomic E-state index is 0.661. The van der Waals surface area contributed by atoms with Gasteiger partial charge < -0.3 is 0 Å². The third-order valence-corrected chi connectivity index (χ3v) is 4.86. The highest BCUT2D eigenvalue weighted by atomic mass is 79.9. The zero-order chi connectivity index (χ0) is 8.72. The molecule has 2 aromatic heterocycles. The Labute approximate surface area is 88.4 Å². The van der Waals surface area contributed by atoms with Crippen molar-refractivity contribution in [2.24, 2.45) is 0 Å². The first-order chi connectivity index (χ1) is 5.66. The first-order valence-electron chi connectivity index (χ1n) is 3.85. The van der Waals surface area contributed by atoms with Crippen molar-refractivity contribution in [2.45, 2.75) is 19.8 Å². The van der Waals surface area contributed by atoms with Crippen LogP contribution in [0.1, 0.15) is 24.6 Å². The van der Waals surface area contributed by atoms with Crippen LogP contribution in [-0.4, -0.2) is 0 Å². The zero-order valence-electron chi connectivity index (χ0n) is 6.93. The van der Waals surface area contributed by atoms with E-state index in [1.807, 2.05) is 22.7 Å². The lowest BCUT2D eigenvalue weighted by Crippen LogP contribution is -1.77. The van der Waals surface area contributed by atoms with Crippen LogP contribution in [0.5, 0.6) is 0 Å². The number of hydrogen-bond donors (Lipinski definition) is 0. The minimum Gasteiger partial charge on any atom is -0.139 e. The van der Waals surface area contributed by atoms with Crippen LogP contribution in [0.15, 0.2) is 15.9 Å². The summed E-state index contributed by atoms with van der Waals surface area (Å²) in [5, 5.41) is 0. The molecule has 0 atom stereocenters. The maximum Gasteiger partial charge on any atom is 0.0719 e. The van der Waals surface area contributed by atoms with Crippen molar-refractivity contribution in [3.05, 3.63) is 20.8 Å². The predicted molar refractivity (Wildman–Crippen MR) is 61.5 cm³/mol. The fraction of sp³-hybridized carbons (Fsp3) is 0.333. The predicted octanol–water partition coefficient (Wildman–Crippen LogP) is 4.85. The highest BCUT2D eigenvalue weighted by Gasteiger charge is 2.07. The van der Waals surface area contributed by atoms with Crippen molar-refractivity contribution in [2.75, 3.05) is 0 Å². The summed E-state index contributed by atoms with van der Waals surface area (Å²) >= 11 is 7.21. The second kappa shape index (κ2) is 3.13. The van der Waals surface area contributed by atoms with Gasteiger partial charge in [-0.3, -0.25) is 0 Å². The Hall–Kier alpha value is 0.140. The second-order valence-electron chi connectivity index (χ2n) is 3.08. The van der Waals surface area contributed by atoms with Crippen molar-refractivity contribution in [3.8, 4) is 0 Å². The van der Waals surface area contributed by atoms with E-state index in [0.29, 0.717) is 5.92 Å². The van der Waals surface area contributed by atoms with Gasteiger partial charge in [0, 0.05) is 14.3 Å². The van der Waals surface area contributed by atoms with Gasteiger partial charge in [0.2, 0.25) is 0 Å². The van der Waals surface area contributed by atoms with Gasteiger partial charge in [0.25, 0.3) is 0 Å². The Bertz CT molecular complexity index is 366. The summed E-state index contributed by atoms with van der Waals surface area (Å²) in [7, 11) is 0. The van der Waals surface area contributed by atoms with E-state index in [-0.39, 0.29) is 0 Å². The summed E-state index contributed by atoms with van der Waals surface area (Å²) in [6.45, 7) is 4.48. The Morgan fingerprint density at radius 3 is 2.42 bits per heavy atom. The lowest BCUT2D eigenvalue weighted by Gasteiger charge is -1.96. The van der Waals surface area contributed by atoms with Gasteiger partial charge in [-0.2, -0.15) is 0 Å². The maximum absolute atomic E-state index is 3.49. The fourth-order valence-electron chi connectivity index (χ4n) is 1.11. The summed E-state index contributed by atoms with van der Waals surface area (Å²) in [6.07, 6.45) is 0. The molecular formula is C9H9BrS2. The average Bonchev–Trinajstić information content (AvgIpc) is 2.42. The fourth-order valence-corrected chi connectivity index (χ4v) is 4.15. The van der Waals surface area contributed by atoms with E-state index in [9.17, 15) is 0 Å². The van der Waals surface area contributed by atoms with Crippen LogP contribution in [0.4, 0.5) is 0 Å². The zero-order valence-corrected chi connectivity index (χ0v) is 10.1. The Morgan fingerprint density at radius 1 is 1.17 bits per heavy atom. The maximum atomic E-state index is 3.49. The van der Waals surface area contributed by atoms with Crippen LogP contribution in [0.25, 0.3) is 9.40 Å². The molecule has 0 aliphatic rings. The van der Waals surface area contributed by atoms with Gasteiger partial charge >= 0.3 is 0 Å². The molecule has 0 nitrogen and oxygen atoms in total. The number of hydrogen-bond acceptors (Lipinski definition) is 2. The van der Waals surface area contributed by atoms with Crippen molar-refractivity contribution in [1.82, 2.24) is 0 Å². The third kappa shape index (κ3) is 1.45. The molecule has 2 heterocycles. The molecule has 3 heteroatoms. The molecule has 0 saturated heterocycles. The summed E-state index contributed by atoms with van der Waals surface area (Å²) in [6, 6.07) is 4.51. The standard InChI is InChI=1S/C9H9BrS2/c1-5(2)6-3-7-8(11-6)4-9(10)12-7/h3-5H,1-2H3. The molecule has 0 aliphatic heterocycles. The first-order valence-corrected chi connectivity index (χ1v) is 6.28. The van der Waals surface area contributed by atoms with E-state index in [1.165, 1.54) is 18.1 Å². The van der Waals surface area contributed by atoms with Crippen molar-refractivity contribution >= 4 is 48.0 Å². The second-order valence-corrected chi connectivity index (χ2v) is 6.66. The van der Waals surface area contributed by atoms with Crippen molar-refractivity contribution in [3.63, 3.8) is 0 Å². The molecule has 0 radical (unpaired) electrons. The Kier molecular flexibility index (Phi) is 2.27. The normalized spacial score (nSPS) is 11.7. The molecule has 64 valence electrons. The Morgan fingerprint density at radius 2 is 1.83 bits per heavy atom. The molecule has 0 unspecified atom stereocenters. The topological polar surface area (TPSA) is 0 Å². The minimum atomic E-state index is 0.661. The van der Waals surface area contributed by atoms with Crippen LogP contribution >= 0.6 is 38.6 Å². The molecule has 2 rings (SSSR count). The molecule has 0 amide bonds. The van der Waals surface area contributed by atoms with Gasteiger partial charge in [0.1, 0.15) is 0 Å². The monoisotopic (exact) mass is 260 g/mol. The smallest absolute Gasteiger partial charge is 0.0719 e. The van der Waals surface area contributed by atoms with E-state index >= 15 is 0 Å². The van der Waals surface area contributed by atoms with Gasteiger partial charge in [-0.25, -0.2) is 0 Å². The highest BCUT2D eigenvalue weighted by molar-refractivity contribution is 9.11. The number of fused-ring (bicyclic) bond motifs is 1. The first kappa shape index (κ1) is 8.73. The van der Waals surface area contributed by atoms with Crippen LogP contribution in [-0.2, 0) is 0 Å². The molecule has 0 aliphatic carbocycles. The molecule has 0 bridgehead atoms. The Balaban J connectivity index is 2.57. The quantitative estimate of drug-likeness (QED) is 0.688. The molecule has 12 heavy (non-hydrogen) atoms. The van der Waals surface area contributed by atoms with E-state index in [2.05, 4.69) is 41.9 Å². The molecule has 0 N–H and O–H groups in total. The summed E-state index contributed by atoms with van der Waals surface area (Å²) in [5.74, 6) is 0.661. The lowest BCUT2D eigenvalue weighted by molar-refractivity contribution is 0.891. The largest absolute Gasteiger partial charge is 0.139 e. The van der Waals surface area contributed by atoms with Crippen molar-refractivity contribution < 1.29 is 0 Å². The molecular weight excluding hydrogens is 252 g/mol. The molecule has 0 spiro atoms. The van der Waals surface area contributed by atoms with Gasteiger partial charge in [-0.05, 0) is 34.0 Å². The summed E-state index contributed by atoms with van der Waals surface area (Å²) in [4.78, 5) is 1.49. The SMILES string of the molecule is CC(C)c1cc2sc(Br)cc2s1. The van der Waals surface area contributed by atoms with Gasteiger partial charge in [0.05, 0.1) is 3.79 Å². The molecule has 0 saturated carbocycles. The van der Waals surface area contributed by atoms with Crippen LogP contribution in [0.3, 0.4) is 0 Å². The molecule has 2 aromatic rings. The van der Waals surface area contributed by atoms with E-state index in [0.717, 1.165) is 0 Å². The number of halogens is 1. The highest BCUT2D eigenvalue weighted by Crippen LogP contribution is 2.38. The van der Waals surface area contributed by atoms with E-state index in [4.69, 9.17) is 0 Å². The van der Waals surface area contributed by atoms with Crippen LogP contribution < -0.4 is 0 Å². The summed E-state index contributed by atoms with van der Waals surface area (Å²) < 4.78 is 4.06.